The van der Waals surface area contributed by atoms with Crippen LogP contribution in [0.5, 0.6) is 5.75 Å². The highest BCUT2D eigenvalue weighted by Crippen LogP contribution is 2.34. The Morgan fingerprint density at radius 3 is 2.67 bits per heavy atom. The molecule has 2 aliphatic heterocycles. The van der Waals surface area contributed by atoms with Crippen LogP contribution >= 0.6 is 23.4 Å². The van der Waals surface area contributed by atoms with Crippen molar-refractivity contribution in [2.24, 2.45) is 0 Å². The number of carbonyl (C=O) groups excluding carboxylic acids is 3. The van der Waals surface area contributed by atoms with E-state index in [4.69, 9.17) is 21.1 Å². The lowest BCUT2D eigenvalue weighted by Crippen LogP contribution is -2.46. The summed E-state index contributed by atoms with van der Waals surface area (Å²) >= 11 is 6.82. The summed E-state index contributed by atoms with van der Waals surface area (Å²) in [6, 6.07) is 11.3. The van der Waals surface area contributed by atoms with Gasteiger partial charge in [0.2, 0.25) is 5.91 Å². The lowest BCUT2D eigenvalue weighted by molar-refractivity contribution is -0.139. The van der Waals surface area contributed by atoms with Gasteiger partial charge in [0.05, 0.1) is 23.1 Å². The first-order chi connectivity index (χ1) is 15.9. The van der Waals surface area contributed by atoms with Gasteiger partial charge in [0.1, 0.15) is 24.7 Å². The Morgan fingerprint density at radius 2 is 1.91 bits per heavy atom. The molecule has 2 aromatic rings. The Morgan fingerprint density at radius 1 is 1.15 bits per heavy atom. The molecule has 2 fully saturated rings. The Balaban J connectivity index is 1.48. The Bertz CT molecular complexity index is 1100. The van der Waals surface area contributed by atoms with E-state index >= 15 is 0 Å². The molecule has 4 rings (SSSR count). The van der Waals surface area contributed by atoms with Gasteiger partial charge in [0.15, 0.2) is 0 Å². The fourth-order valence-electron chi connectivity index (χ4n) is 3.38. The lowest BCUT2D eigenvalue weighted by Gasteiger charge is -2.28. The van der Waals surface area contributed by atoms with Gasteiger partial charge < -0.3 is 14.4 Å². The maximum absolute atomic E-state index is 14.1. The van der Waals surface area contributed by atoms with Crippen LogP contribution in [0, 0.1) is 5.82 Å². The number of benzene rings is 2. The Kier molecular flexibility index (Phi) is 7.32. The molecule has 2 aliphatic rings. The first-order valence-corrected chi connectivity index (χ1v) is 11.4. The van der Waals surface area contributed by atoms with Crippen LogP contribution in [0.2, 0.25) is 5.02 Å². The summed E-state index contributed by atoms with van der Waals surface area (Å²) in [7, 11) is 0. The molecule has 0 unspecified atom stereocenters. The summed E-state index contributed by atoms with van der Waals surface area (Å²) in [6.45, 7) is 1.31. The van der Waals surface area contributed by atoms with Crippen molar-refractivity contribution in [2.75, 3.05) is 32.8 Å². The molecule has 172 valence electrons. The van der Waals surface area contributed by atoms with Gasteiger partial charge in [0, 0.05) is 24.2 Å². The molecule has 0 spiro atoms. The minimum Gasteiger partial charge on any atom is -0.488 e. The van der Waals surface area contributed by atoms with Gasteiger partial charge in [-0.25, -0.2) is 4.39 Å². The van der Waals surface area contributed by atoms with Gasteiger partial charge in [-0.15, -0.1) is 0 Å². The third-order valence-electron chi connectivity index (χ3n) is 5.17. The molecule has 0 atom stereocenters. The summed E-state index contributed by atoms with van der Waals surface area (Å²) in [5.41, 5.74) is 0.755. The minimum atomic E-state index is -0.543. The van der Waals surface area contributed by atoms with E-state index in [9.17, 15) is 18.8 Å². The third kappa shape index (κ3) is 5.38. The van der Waals surface area contributed by atoms with E-state index in [0.717, 1.165) is 16.7 Å². The largest absolute Gasteiger partial charge is 0.488 e. The van der Waals surface area contributed by atoms with E-state index in [1.165, 1.54) is 18.2 Å². The number of carbonyl (C=O) groups is 3. The molecule has 2 saturated heterocycles. The van der Waals surface area contributed by atoms with Crippen LogP contribution in [0.3, 0.4) is 0 Å². The van der Waals surface area contributed by atoms with E-state index in [1.807, 2.05) is 0 Å². The second-order valence-corrected chi connectivity index (χ2v) is 8.69. The standard InChI is InChI=1S/C23H20ClFN2O5S/c24-17-5-3-6-18(25)16(17)14-32-19-7-2-1-4-15(19)12-20-22(29)27(23(30)33-20)13-21(28)26-8-10-31-11-9-26/h1-7,12H,8-11,13-14H2/b20-12-. The SMILES string of the molecule is O=C(CN1C(=O)S/C(=C\c2ccccc2OCc2c(F)cccc2Cl)C1=O)N1CCOCC1. The summed E-state index contributed by atoms with van der Waals surface area (Å²) in [5.74, 6) is -0.926. The van der Waals surface area contributed by atoms with E-state index in [2.05, 4.69) is 0 Å². The molecule has 0 saturated carbocycles. The van der Waals surface area contributed by atoms with Gasteiger partial charge in [-0.3, -0.25) is 19.3 Å². The van der Waals surface area contributed by atoms with Crippen molar-refractivity contribution in [3.05, 3.63) is 69.3 Å². The molecule has 33 heavy (non-hydrogen) atoms. The van der Waals surface area contributed by atoms with Crippen LogP contribution in [0.1, 0.15) is 11.1 Å². The number of halogens is 2. The summed E-state index contributed by atoms with van der Waals surface area (Å²) in [6.07, 6.45) is 1.53. The van der Waals surface area contributed by atoms with Crippen molar-refractivity contribution in [3.63, 3.8) is 0 Å². The number of thioether (sulfide) groups is 1. The number of rotatable bonds is 6. The van der Waals surface area contributed by atoms with Crippen molar-refractivity contribution in [1.29, 1.82) is 0 Å². The number of morpholine rings is 1. The van der Waals surface area contributed by atoms with Crippen LogP contribution < -0.4 is 4.74 Å². The second-order valence-electron chi connectivity index (χ2n) is 7.29. The van der Waals surface area contributed by atoms with Crippen LogP contribution in [-0.4, -0.2) is 59.7 Å². The zero-order valence-electron chi connectivity index (χ0n) is 17.5. The van der Waals surface area contributed by atoms with Crippen molar-refractivity contribution in [1.82, 2.24) is 9.80 Å². The zero-order valence-corrected chi connectivity index (χ0v) is 19.0. The summed E-state index contributed by atoms with van der Waals surface area (Å²) < 4.78 is 25.0. The second kappa shape index (κ2) is 10.4. The van der Waals surface area contributed by atoms with Gasteiger partial charge in [-0.05, 0) is 36.0 Å². The molecule has 3 amide bonds. The van der Waals surface area contributed by atoms with Crippen molar-refractivity contribution >= 4 is 46.5 Å². The highest BCUT2D eigenvalue weighted by atomic mass is 35.5. The fourth-order valence-corrected chi connectivity index (χ4v) is 4.42. The number of para-hydroxylation sites is 1. The third-order valence-corrected chi connectivity index (χ3v) is 6.43. The van der Waals surface area contributed by atoms with Gasteiger partial charge >= 0.3 is 0 Å². The zero-order chi connectivity index (χ0) is 23.4. The molecule has 0 bridgehead atoms. The molecule has 0 aromatic heterocycles. The number of nitrogens with zero attached hydrogens (tertiary/aromatic N) is 2. The average Bonchev–Trinajstić information content (AvgIpc) is 3.07. The Labute approximate surface area is 199 Å². The molecule has 7 nitrogen and oxygen atoms in total. The predicted molar refractivity (Wildman–Crippen MR) is 122 cm³/mol. The van der Waals surface area contributed by atoms with E-state index < -0.39 is 17.0 Å². The smallest absolute Gasteiger partial charge is 0.294 e. The maximum atomic E-state index is 14.1. The normalized spacial score (nSPS) is 17.7. The van der Waals surface area contributed by atoms with Crippen LogP contribution in [-0.2, 0) is 20.9 Å². The van der Waals surface area contributed by atoms with Gasteiger partial charge in [-0.2, -0.15) is 0 Å². The van der Waals surface area contributed by atoms with Gasteiger partial charge in [0.25, 0.3) is 11.1 Å². The molecule has 10 heteroatoms. The quantitative estimate of drug-likeness (QED) is 0.571. The van der Waals surface area contributed by atoms with Crippen molar-refractivity contribution in [3.8, 4) is 5.75 Å². The van der Waals surface area contributed by atoms with E-state index in [0.29, 0.717) is 37.6 Å². The first-order valence-electron chi connectivity index (χ1n) is 10.2. The minimum absolute atomic E-state index is 0.105. The van der Waals surface area contributed by atoms with Crippen molar-refractivity contribution in [2.45, 2.75) is 6.61 Å². The highest BCUT2D eigenvalue weighted by molar-refractivity contribution is 8.18. The number of imide groups is 1. The Hall–Kier alpha value is -2.88. The predicted octanol–water partition coefficient (Wildman–Crippen LogP) is 3.95. The molecule has 2 heterocycles. The molecule has 2 aromatic carbocycles. The number of amides is 3. The number of hydrogen-bond acceptors (Lipinski definition) is 6. The van der Waals surface area contributed by atoms with Gasteiger partial charge in [-0.1, -0.05) is 35.9 Å². The van der Waals surface area contributed by atoms with Crippen LogP contribution in [0.25, 0.3) is 6.08 Å². The summed E-state index contributed by atoms with van der Waals surface area (Å²) in [4.78, 5) is 40.4. The maximum Gasteiger partial charge on any atom is 0.294 e. The molecule has 0 aliphatic carbocycles. The average molecular weight is 491 g/mol. The summed E-state index contributed by atoms with van der Waals surface area (Å²) in [5, 5.41) is -0.261. The monoisotopic (exact) mass is 490 g/mol. The molecule has 0 N–H and O–H groups in total. The topological polar surface area (TPSA) is 76.2 Å². The van der Waals surface area contributed by atoms with E-state index in [-0.39, 0.29) is 34.6 Å². The highest BCUT2D eigenvalue weighted by Gasteiger charge is 2.37. The van der Waals surface area contributed by atoms with Crippen LogP contribution in [0.15, 0.2) is 47.4 Å². The molecular weight excluding hydrogens is 471 g/mol. The first kappa shape index (κ1) is 23.3. The fraction of sp³-hybridized carbons (Fsp3) is 0.261. The van der Waals surface area contributed by atoms with Crippen molar-refractivity contribution < 1.29 is 28.2 Å². The molecular formula is C23H20ClFN2O5S. The van der Waals surface area contributed by atoms with E-state index in [1.54, 1.807) is 35.2 Å². The van der Waals surface area contributed by atoms with Crippen LogP contribution in [0.4, 0.5) is 9.18 Å². The number of ether oxygens (including phenoxy) is 2. The molecule has 0 radical (unpaired) electrons. The lowest BCUT2D eigenvalue weighted by atomic mass is 10.1. The number of hydrogen-bond donors (Lipinski definition) is 0.